The van der Waals surface area contributed by atoms with E-state index in [4.69, 9.17) is 0 Å². The van der Waals surface area contributed by atoms with Crippen molar-refractivity contribution in [3.8, 4) is 0 Å². The van der Waals surface area contributed by atoms with Crippen LogP contribution in [0.2, 0.25) is 0 Å². The first-order valence-electron chi connectivity index (χ1n) is 6.33. The molecule has 0 aromatic carbocycles. The van der Waals surface area contributed by atoms with E-state index in [1.165, 1.54) is 37.1 Å². The molecule has 17 heavy (non-hydrogen) atoms. The molecular formula is C14H25BrN2. The second-order valence-corrected chi connectivity index (χ2v) is 4.66. The summed E-state index contributed by atoms with van der Waals surface area (Å²) in [6.45, 7) is 5.57. The Hall–Kier alpha value is -0.570. The molecule has 1 heterocycles. The van der Waals surface area contributed by atoms with E-state index in [0.717, 1.165) is 6.54 Å². The van der Waals surface area contributed by atoms with E-state index in [2.05, 4.69) is 55.7 Å². The van der Waals surface area contributed by atoms with Gasteiger partial charge in [-0.05, 0) is 31.9 Å². The first-order valence-corrected chi connectivity index (χ1v) is 6.33. The summed E-state index contributed by atoms with van der Waals surface area (Å²) in [5.41, 5.74) is 1.35. The molecule has 0 bridgehead atoms. The number of halogens is 1. The van der Waals surface area contributed by atoms with Crippen molar-refractivity contribution in [2.75, 3.05) is 19.0 Å². The monoisotopic (exact) mass is 300 g/mol. The standard InChI is InChI=1S/C14H25N2.BrH/c1-5-6-7-8-11-16-12-9-10-13(2)14(16)15(3)4;/h9-10,12H,5-8,11H2,1-4H3;1H/q+1;/p-1. The molecule has 2 nitrogen and oxygen atoms in total. The molecule has 0 fully saturated rings. The molecule has 0 spiro atoms. The second kappa shape index (κ2) is 8.51. The molecule has 0 aliphatic heterocycles. The largest absolute Gasteiger partial charge is 1.00 e. The Kier molecular flexibility index (Phi) is 8.23. The van der Waals surface area contributed by atoms with E-state index in [1.807, 2.05) is 0 Å². The van der Waals surface area contributed by atoms with Gasteiger partial charge in [0.15, 0.2) is 0 Å². The molecule has 0 amide bonds. The van der Waals surface area contributed by atoms with Crippen LogP contribution in [0, 0.1) is 6.92 Å². The average Bonchev–Trinajstić information content (AvgIpc) is 2.24. The van der Waals surface area contributed by atoms with Gasteiger partial charge in [-0.2, -0.15) is 0 Å². The van der Waals surface area contributed by atoms with E-state index in [-0.39, 0.29) is 17.0 Å². The van der Waals surface area contributed by atoms with Gasteiger partial charge in [0.25, 0.3) is 5.82 Å². The first-order chi connectivity index (χ1) is 7.66. The number of unbranched alkanes of at least 4 members (excludes halogenated alkanes) is 3. The fourth-order valence-electron chi connectivity index (χ4n) is 2.16. The third-order valence-corrected chi connectivity index (χ3v) is 2.91. The number of nitrogens with zero attached hydrogens (tertiary/aromatic N) is 2. The van der Waals surface area contributed by atoms with Crippen molar-refractivity contribution in [3.63, 3.8) is 0 Å². The van der Waals surface area contributed by atoms with Gasteiger partial charge in [-0.1, -0.05) is 19.8 Å². The van der Waals surface area contributed by atoms with Crippen LogP contribution < -0.4 is 26.4 Å². The Morgan fingerprint density at radius 2 is 1.88 bits per heavy atom. The summed E-state index contributed by atoms with van der Waals surface area (Å²) in [5.74, 6) is 1.33. The molecule has 0 aliphatic rings. The summed E-state index contributed by atoms with van der Waals surface area (Å²) >= 11 is 0. The molecule has 1 aromatic heterocycles. The molecular weight excluding hydrogens is 276 g/mol. The number of aryl methyl sites for hydroxylation is 2. The third-order valence-electron chi connectivity index (χ3n) is 2.91. The Morgan fingerprint density at radius 1 is 1.18 bits per heavy atom. The quantitative estimate of drug-likeness (QED) is 0.527. The summed E-state index contributed by atoms with van der Waals surface area (Å²) in [4.78, 5) is 2.20. The van der Waals surface area contributed by atoms with Crippen molar-refractivity contribution in [2.24, 2.45) is 0 Å². The molecule has 0 saturated heterocycles. The number of anilines is 1. The van der Waals surface area contributed by atoms with Crippen LogP contribution in [-0.4, -0.2) is 14.1 Å². The van der Waals surface area contributed by atoms with Gasteiger partial charge in [0.2, 0.25) is 0 Å². The molecule has 0 atom stereocenters. The van der Waals surface area contributed by atoms with E-state index >= 15 is 0 Å². The number of rotatable bonds is 6. The fourth-order valence-corrected chi connectivity index (χ4v) is 2.16. The highest BCUT2D eigenvalue weighted by Crippen LogP contribution is 2.11. The van der Waals surface area contributed by atoms with Crippen LogP contribution in [0.3, 0.4) is 0 Å². The Labute approximate surface area is 116 Å². The van der Waals surface area contributed by atoms with Crippen molar-refractivity contribution in [3.05, 3.63) is 23.9 Å². The van der Waals surface area contributed by atoms with E-state index in [0.29, 0.717) is 0 Å². The van der Waals surface area contributed by atoms with Crippen molar-refractivity contribution >= 4 is 5.82 Å². The van der Waals surface area contributed by atoms with Gasteiger partial charge in [0.05, 0.1) is 26.8 Å². The number of hydrogen-bond acceptors (Lipinski definition) is 1. The van der Waals surface area contributed by atoms with Gasteiger partial charge in [0.1, 0.15) is 0 Å². The van der Waals surface area contributed by atoms with Gasteiger partial charge in [0, 0.05) is 5.56 Å². The van der Waals surface area contributed by atoms with Crippen LogP contribution in [0.5, 0.6) is 0 Å². The number of pyridine rings is 1. The Balaban J connectivity index is 0.00000256. The normalized spacial score (nSPS) is 9.88. The highest BCUT2D eigenvalue weighted by Gasteiger charge is 2.13. The zero-order valence-corrected chi connectivity index (χ0v) is 13.1. The van der Waals surface area contributed by atoms with Crippen LogP contribution >= 0.6 is 0 Å². The molecule has 98 valence electrons. The lowest BCUT2D eigenvalue weighted by molar-refractivity contribution is -0.685. The molecule has 0 aliphatic carbocycles. The highest BCUT2D eigenvalue weighted by molar-refractivity contribution is 5.39. The summed E-state index contributed by atoms with van der Waals surface area (Å²) in [7, 11) is 4.23. The number of aromatic nitrogens is 1. The van der Waals surface area contributed by atoms with Crippen molar-refractivity contribution in [2.45, 2.75) is 46.1 Å². The smallest absolute Gasteiger partial charge is 0.279 e. The van der Waals surface area contributed by atoms with Gasteiger partial charge in [-0.25, -0.2) is 4.57 Å². The maximum absolute atomic E-state index is 2.37. The van der Waals surface area contributed by atoms with Crippen LogP contribution in [0.4, 0.5) is 5.82 Å². The molecule has 3 heteroatoms. The van der Waals surface area contributed by atoms with E-state index in [1.54, 1.807) is 0 Å². The predicted octanol–water partition coefficient (Wildman–Crippen LogP) is -0.0672. The summed E-state index contributed by atoms with van der Waals surface area (Å²) < 4.78 is 2.37. The van der Waals surface area contributed by atoms with Crippen molar-refractivity contribution < 1.29 is 21.5 Å². The minimum absolute atomic E-state index is 0. The maximum Gasteiger partial charge on any atom is 0.279 e. The lowest BCUT2D eigenvalue weighted by Gasteiger charge is -2.13. The molecule has 1 aromatic rings. The molecule has 0 radical (unpaired) electrons. The first kappa shape index (κ1) is 16.4. The van der Waals surface area contributed by atoms with Gasteiger partial charge < -0.3 is 17.0 Å². The second-order valence-electron chi connectivity index (χ2n) is 4.66. The molecule has 0 N–H and O–H groups in total. The van der Waals surface area contributed by atoms with Crippen LogP contribution in [0.15, 0.2) is 18.3 Å². The lowest BCUT2D eigenvalue weighted by atomic mass is 10.2. The molecule has 0 saturated carbocycles. The topological polar surface area (TPSA) is 7.12 Å². The molecule has 0 unspecified atom stereocenters. The van der Waals surface area contributed by atoms with Gasteiger partial charge in [-0.15, -0.1) is 0 Å². The zero-order valence-electron chi connectivity index (χ0n) is 11.5. The summed E-state index contributed by atoms with van der Waals surface area (Å²) in [5, 5.41) is 0. The van der Waals surface area contributed by atoms with Crippen LogP contribution in [0.25, 0.3) is 0 Å². The zero-order chi connectivity index (χ0) is 12.0. The maximum atomic E-state index is 2.37. The van der Waals surface area contributed by atoms with E-state index in [9.17, 15) is 0 Å². The molecule has 1 rings (SSSR count). The van der Waals surface area contributed by atoms with Gasteiger partial charge in [-0.3, -0.25) is 4.90 Å². The summed E-state index contributed by atoms with van der Waals surface area (Å²) in [6.07, 6.45) is 7.46. The highest BCUT2D eigenvalue weighted by atomic mass is 79.9. The third kappa shape index (κ3) is 5.07. The van der Waals surface area contributed by atoms with Crippen molar-refractivity contribution in [1.29, 1.82) is 0 Å². The lowest BCUT2D eigenvalue weighted by Crippen LogP contribution is -3.00. The number of hydrogen-bond donors (Lipinski definition) is 0. The summed E-state index contributed by atoms with van der Waals surface area (Å²) in [6, 6.07) is 4.32. The predicted molar refractivity (Wildman–Crippen MR) is 69.8 cm³/mol. The van der Waals surface area contributed by atoms with Gasteiger partial charge >= 0.3 is 0 Å². The average molecular weight is 301 g/mol. The minimum atomic E-state index is 0. The fraction of sp³-hybridized carbons (Fsp3) is 0.643. The Morgan fingerprint density at radius 3 is 2.47 bits per heavy atom. The SMILES string of the molecule is CCCCCC[n+]1cccc(C)c1N(C)C.[Br-]. The van der Waals surface area contributed by atoms with Crippen molar-refractivity contribution in [1.82, 2.24) is 0 Å². The van der Waals surface area contributed by atoms with Crippen LogP contribution in [-0.2, 0) is 6.54 Å². The Bertz CT molecular complexity index is 324. The van der Waals surface area contributed by atoms with E-state index < -0.39 is 0 Å². The van der Waals surface area contributed by atoms with Crippen LogP contribution in [0.1, 0.15) is 38.2 Å². The minimum Gasteiger partial charge on any atom is -1.00 e.